The molecule has 3 saturated carbocycles. The van der Waals surface area contributed by atoms with Crippen LogP contribution in [0, 0.1) is 29.0 Å². The Morgan fingerprint density at radius 3 is 2.68 bits per heavy atom. The van der Waals surface area contributed by atoms with E-state index in [1.165, 1.54) is 37.3 Å². The van der Waals surface area contributed by atoms with Crippen LogP contribution < -0.4 is 5.32 Å². The summed E-state index contributed by atoms with van der Waals surface area (Å²) in [5, 5.41) is 3.79. The van der Waals surface area contributed by atoms with Gasteiger partial charge in [0.1, 0.15) is 5.82 Å². The summed E-state index contributed by atoms with van der Waals surface area (Å²) in [6.07, 6.45) is 7.67. The predicted octanol–water partition coefficient (Wildman–Crippen LogP) is 4.03. The number of pyridine rings is 1. The Hall–Kier alpha value is -1.97. The Bertz CT molecular complexity index is 850. The largest absolute Gasteiger partial charge is 0.359 e. The number of halogens is 1. The molecule has 1 heterocycles. The van der Waals surface area contributed by atoms with Crippen molar-refractivity contribution in [1.29, 1.82) is 0 Å². The van der Waals surface area contributed by atoms with Crippen LogP contribution in [0.3, 0.4) is 0 Å². The number of nitrogens with one attached hydrogen (secondary N) is 1. The van der Waals surface area contributed by atoms with E-state index in [0.717, 1.165) is 29.2 Å². The smallest absolute Gasteiger partial charge is 0.223 e. The number of aromatic nitrogens is 1. The quantitative estimate of drug-likeness (QED) is 0.898. The van der Waals surface area contributed by atoms with Crippen LogP contribution in [-0.4, -0.2) is 17.9 Å². The molecule has 5 atom stereocenters. The molecule has 1 aromatic heterocycles. The number of benzene rings is 1. The summed E-state index contributed by atoms with van der Waals surface area (Å²) in [4.78, 5) is 16.4. The van der Waals surface area contributed by atoms with Crippen molar-refractivity contribution in [3.8, 4) is 0 Å². The van der Waals surface area contributed by atoms with Crippen molar-refractivity contribution in [3.05, 3.63) is 41.8 Å². The van der Waals surface area contributed by atoms with Gasteiger partial charge in [0.2, 0.25) is 5.91 Å². The highest BCUT2D eigenvalue weighted by Crippen LogP contribution is 2.69. The van der Waals surface area contributed by atoms with E-state index >= 15 is 0 Å². The molecule has 3 nitrogen and oxygen atoms in total. The fraction of sp³-hybridized carbons (Fsp3) is 0.524. The second kappa shape index (κ2) is 5.26. The van der Waals surface area contributed by atoms with Crippen LogP contribution in [0.5, 0.6) is 0 Å². The number of nitrogens with zero attached hydrogens (tertiary/aromatic N) is 1. The van der Waals surface area contributed by atoms with Crippen molar-refractivity contribution < 1.29 is 9.18 Å². The zero-order chi connectivity index (χ0) is 17.2. The van der Waals surface area contributed by atoms with E-state index in [0.29, 0.717) is 11.3 Å². The van der Waals surface area contributed by atoms with Crippen LogP contribution in [0.4, 0.5) is 4.39 Å². The molecule has 130 valence electrons. The number of hydrogen-bond donors (Lipinski definition) is 1. The van der Waals surface area contributed by atoms with E-state index < -0.39 is 0 Å². The monoisotopic (exact) mass is 338 g/mol. The van der Waals surface area contributed by atoms with Crippen molar-refractivity contribution in [3.63, 3.8) is 0 Å². The Morgan fingerprint density at radius 2 is 1.96 bits per heavy atom. The zero-order valence-electron chi connectivity index (χ0n) is 14.5. The third-order valence-electron chi connectivity index (χ3n) is 7.11. The minimum absolute atomic E-state index is 0.190. The number of rotatable bonds is 2. The van der Waals surface area contributed by atoms with Crippen LogP contribution in [0.2, 0.25) is 0 Å². The predicted molar refractivity (Wildman–Crippen MR) is 94.5 cm³/mol. The van der Waals surface area contributed by atoms with E-state index in [1.807, 2.05) is 6.20 Å². The van der Waals surface area contributed by atoms with Gasteiger partial charge in [-0.25, -0.2) is 4.39 Å². The first-order chi connectivity index (χ1) is 12.1. The molecule has 2 aromatic rings. The molecule has 0 aliphatic heterocycles. The molecule has 3 fully saturated rings. The molecule has 0 bridgehead atoms. The number of carbonyl (C=O) groups is 1. The lowest BCUT2D eigenvalue weighted by molar-refractivity contribution is -0.122. The highest BCUT2D eigenvalue weighted by Gasteiger charge is 2.64. The molecule has 2 unspecified atom stereocenters. The maximum Gasteiger partial charge on any atom is 0.223 e. The molecule has 25 heavy (non-hydrogen) atoms. The topological polar surface area (TPSA) is 42.0 Å². The summed E-state index contributed by atoms with van der Waals surface area (Å²) in [6.45, 7) is 0. The summed E-state index contributed by atoms with van der Waals surface area (Å²) in [5.41, 5.74) is 2.44. The first kappa shape index (κ1) is 15.3. The van der Waals surface area contributed by atoms with Crippen molar-refractivity contribution in [2.45, 2.75) is 38.0 Å². The molecule has 4 heteroatoms. The Morgan fingerprint density at radius 1 is 1.20 bits per heavy atom. The van der Waals surface area contributed by atoms with Gasteiger partial charge in [-0.3, -0.25) is 9.78 Å². The summed E-state index contributed by atoms with van der Waals surface area (Å²) >= 11 is 0. The third-order valence-corrected chi connectivity index (χ3v) is 7.11. The molecular weight excluding hydrogens is 315 g/mol. The number of hydrogen-bond acceptors (Lipinski definition) is 2. The minimum atomic E-state index is -0.190. The van der Waals surface area contributed by atoms with Crippen LogP contribution in [-0.2, 0) is 4.79 Å². The summed E-state index contributed by atoms with van der Waals surface area (Å²) in [7, 11) is 1.74. The molecule has 5 rings (SSSR count). The Balaban J connectivity index is 1.37. The average molecular weight is 338 g/mol. The van der Waals surface area contributed by atoms with E-state index in [1.54, 1.807) is 19.2 Å². The highest BCUT2D eigenvalue weighted by molar-refractivity contribution is 5.83. The molecular formula is C21H23FN2O. The van der Waals surface area contributed by atoms with Gasteiger partial charge in [0.05, 0.1) is 5.52 Å². The van der Waals surface area contributed by atoms with Gasteiger partial charge in [-0.05, 0) is 85.1 Å². The van der Waals surface area contributed by atoms with Gasteiger partial charge >= 0.3 is 0 Å². The number of fused-ring (bicyclic) bond motifs is 2. The van der Waals surface area contributed by atoms with Crippen molar-refractivity contribution >= 4 is 16.8 Å². The first-order valence-electron chi connectivity index (χ1n) is 9.35. The number of carbonyl (C=O) groups excluding carboxylic acids is 1. The summed E-state index contributed by atoms with van der Waals surface area (Å²) in [6, 6.07) is 6.97. The van der Waals surface area contributed by atoms with Crippen LogP contribution in [0.15, 0.2) is 30.5 Å². The van der Waals surface area contributed by atoms with Gasteiger partial charge in [0, 0.05) is 24.5 Å². The lowest BCUT2D eigenvalue weighted by Crippen LogP contribution is -2.22. The average Bonchev–Trinajstić information content (AvgIpc) is 2.99. The number of amides is 1. The molecule has 1 N–H and O–H groups in total. The highest BCUT2D eigenvalue weighted by atomic mass is 19.1. The van der Waals surface area contributed by atoms with Crippen molar-refractivity contribution in [2.75, 3.05) is 7.05 Å². The molecule has 0 saturated heterocycles. The van der Waals surface area contributed by atoms with E-state index in [2.05, 4.69) is 16.4 Å². The van der Waals surface area contributed by atoms with Crippen molar-refractivity contribution in [1.82, 2.24) is 10.3 Å². The van der Waals surface area contributed by atoms with Crippen LogP contribution in [0.1, 0.15) is 43.6 Å². The minimum Gasteiger partial charge on any atom is -0.359 e. The first-order valence-corrected chi connectivity index (χ1v) is 9.35. The van der Waals surface area contributed by atoms with Crippen LogP contribution in [0.25, 0.3) is 10.9 Å². The van der Waals surface area contributed by atoms with E-state index in [9.17, 15) is 9.18 Å². The van der Waals surface area contributed by atoms with E-state index in [-0.39, 0.29) is 17.6 Å². The lowest BCUT2D eigenvalue weighted by atomic mass is 9.89. The fourth-order valence-electron chi connectivity index (χ4n) is 5.93. The normalized spacial score (nSPS) is 35.9. The van der Waals surface area contributed by atoms with Crippen LogP contribution >= 0.6 is 0 Å². The third kappa shape index (κ3) is 2.30. The van der Waals surface area contributed by atoms with Gasteiger partial charge in [-0.15, -0.1) is 0 Å². The summed E-state index contributed by atoms with van der Waals surface area (Å²) < 4.78 is 13.7. The van der Waals surface area contributed by atoms with Gasteiger partial charge < -0.3 is 5.32 Å². The molecule has 3 aliphatic rings. The lowest BCUT2D eigenvalue weighted by Gasteiger charge is -2.17. The molecule has 1 spiro atoms. The van der Waals surface area contributed by atoms with E-state index in [4.69, 9.17) is 0 Å². The summed E-state index contributed by atoms with van der Waals surface area (Å²) in [5.74, 6) is 2.22. The van der Waals surface area contributed by atoms with Gasteiger partial charge in [0.25, 0.3) is 0 Å². The maximum atomic E-state index is 13.7. The molecule has 1 amide bonds. The Labute approximate surface area is 147 Å². The molecule has 3 aliphatic carbocycles. The second-order valence-electron chi connectivity index (χ2n) is 8.39. The Kier molecular flexibility index (Phi) is 3.22. The molecule has 0 radical (unpaired) electrons. The van der Waals surface area contributed by atoms with Gasteiger partial charge in [-0.1, -0.05) is 0 Å². The fourth-order valence-corrected chi connectivity index (χ4v) is 5.93. The van der Waals surface area contributed by atoms with Gasteiger partial charge in [-0.2, -0.15) is 0 Å². The zero-order valence-corrected chi connectivity index (χ0v) is 14.5. The van der Waals surface area contributed by atoms with Crippen molar-refractivity contribution in [2.24, 2.45) is 23.2 Å². The SMILES string of the molecule is CNC(=O)C1CC12C[C@H]1C[C@@H](c3ccnc4ccc(F)cc34)C[C@H]1C2. The molecule has 1 aromatic carbocycles. The second-order valence-corrected chi connectivity index (χ2v) is 8.39. The standard InChI is InChI=1S/C21H23FN2O/c1-23-20(25)18-11-21(18)9-13-6-12(7-14(13)10-21)16-4-5-24-19-3-2-15(22)8-17(16)19/h2-5,8,12-14,18H,6-7,9-11H2,1H3,(H,23,25)/t12-,13-,14+,18?,21?. The maximum absolute atomic E-state index is 13.7. The van der Waals surface area contributed by atoms with Gasteiger partial charge in [0.15, 0.2) is 0 Å².